The van der Waals surface area contributed by atoms with Gasteiger partial charge in [0.25, 0.3) is 5.56 Å². The fourth-order valence-electron chi connectivity index (χ4n) is 2.36. The van der Waals surface area contributed by atoms with Gasteiger partial charge >= 0.3 is 0 Å². The largest absolute Gasteiger partial charge is 0.378 e. The molecular weight excluding hydrogens is 355 g/mol. The molecule has 2 heterocycles. The number of nitrogens with zero attached hydrogens (tertiary/aromatic N) is 1. The summed E-state index contributed by atoms with van der Waals surface area (Å²) < 4.78 is 6.43. The lowest BCUT2D eigenvalue weighted by atomic mass is 10.1. The van der Waals surface area contributed by atoms with Crippen molar-refractivity contribution in [3.63, 3.8) is 0 Å². The molecule has 5 heteroatoms. The Morgan fingerprint density at radius 2 is 2.26 bits per heavy atom. The molecule has 4 nitrogen and oxygen atoms in total. The number of aromatic nitrogens is 2. The van der Waals surface area contributed by atoms with E-state index in [2.05, 4.69) is 46.4 Å². The summed E-state index contributed by atoms with van der Waals surface area (Å²) in [5.74, 6) is 1.27. The second-order valence-corrected chi connectivity index (χ2v) is 6.64. The van der Waals surface area contributed by atoms with Crippen molar-refractivity contribution in [2.75, 3.05) is 6.61 Å². The van der Waals surface area contributed by atoms with Crippen molar-refractivity contribution in [2.45, 2.75) is 52.1 Å². The third-order valence-electron chi connectivity index (χ3n) is 3.28. The van der Waals surface area contributed by atoms with Gasteiger partial charge in [0.2, 0.25) is 0 Å². The first kappa shape index (κ1) is 15.0. The minimum atomic E-state index is -0.0166. The van der Waals surface area contributed by atoms with Gasteiger partial charge in [0.15, 0.2) is 0 Å². The molecule has 1 unspecified atom stereocenters. The van der Waals surface area contributed by atoms with Crippen molar-refractivity contribution < 1.29 is 4.74 Å². The molecule has 1 aromatic heterocycles. The number of hydrogen-bond acceptors (Lipinski definition) is 3. The van der Waals surface area contributed by atoms with Crippen LogP contribution in [-0.4, -0.2) is 22.7 Å². The van der Waals surface area contributed by atoms with E-state index in [1.807, 2.05) is 0 Å². The predicted molar refractivity (Wildman–Crippen MR) is 83.4 cm³/mol. The first-order valence-corrected chi connectivity index (χ1v) is 8.03. The Morgan fingerprint density at radius 1 is 1.47 bits per heavy atom. The molecule has 0 saturated carbocycles. The van der Waals surface area contributed by atoms with Gasteiger partial charge in [-0.3, -0.25) is 4.79 Å². The highest BCUT2D eigenvalue weighted by atomic mass is 127. The molecule has 2 rings (SSSR count). The maximum absolute atomic E-state index is 11.9. The van der Waals surface area contributed by atoms with Gasteiger partial charge in [0.1, 0.15) is 5.82 Å². The fraction of sp³-hybridized carbons (Fsp3) is 0.714. The highest BCUT2D eigenvalue weighted by Gasteiger charge is 2.17. The Kier molecular flexibility index (Phi) is 5.38. The number of aromatic amines is 1. The summed E-state index contributed by atoms with van der Waals surface area (Å²) in [6.07, 6.45) is 5.20. The Bertz CT molecular complexity index is 479. The highest BCUT2D eigenvalue weighted by Crippen LogP contribution is 2.16. The number of hydrogen-bond donors (Lipinski definition) is 1. The number of nitrogens with one attached hydrogen (secondary N) is 1. The van der Waals surface area contributed by atoms with Crippen molar-refractivity contribution in [1.82, 2.24) is 9.97 Å². The molecular formula is C14H21IN2O2. The van der Waals surface area contributed by atoms with E-state index in [9.17, 15) is 4.79 Å². The molecule has 0 aromatic carbocycles. The van der Waals surface area contributed by atoms with Crippen LogP contribution >= 0.6 is 22.6 Å². The summed E-state index contributed by atoms with van der Waals surface area (Å²) in [7, 11) is 0. The Hall–Kier alpha value is -0.430. The Balaban J connectivity index is 2.16. The second kappa shape index (κ2) is 6.83. The van der Waals surface area contributed by atoms with E-state index < -0.39 is 0 Å². The van der Waals surface area contributed by atoms with E-state index in [0.29, 0.717) is 5.92 Å². The minimum absolute atomic E-state index is 0.0166. The molecule has 1 N–H and O–H groups in total. The Labute approximate surface area is 127 Å². The lowest BCUT2D eigenvalue weighted by molar-refractivity contribution is 0.0156. The van der Waals surface area contributed by atoms with E-state index in [4.69, 9.17) is 4.74 Å². The van der Waals surface area contributed by atoms with Crippen LogP contribution in [0.1, 0.15) is 44.6 Å². The van der Waals surface area contributed by atoms with Crippen LogP contribution in [0, 0.1) is 9.49 Å². The predicted octanol–water partition coefficient (Wildman–Crippen LogP) is 2.68. The maximum Gasteiger partial charge on any atom is 0.264 e. The lowest BCUT2D eigenvalue weighted by Gasteiger charge is -2.22. The van der Waals surface area contributed by atoms with Gasteiger partial charge in [0, 0.05) is 13.0 Å². The normalized spacial score (nSPS) is 19.9. The number of halogens is 1. The monoisotopic (exact) mass is 376 g/mol. The maximum atomic E-state index is 11.9. The molecule has 0 radical (unpaired) electrons. The molecule has 19 heavy (non-hydrogen) atoms. The summed E-state index contributed by atoms with van der Waals surface area (Å²) in [6, 6.07) is 0. The van der Waals surface area contributed by atoms with Gasteiger partial charge in [-0.05, 0) is 54.2 Å². The smallest absolute Gasteiger partial charge is 0.264 e. The highest BCUT2D eigenvalue weighted by molar-refractivity contribution is 14.1. The van der Waals surface area contributed by atoms with Gasteiger partial charge in [0.05, 0.1) is 15.4 Å². The Morgan fingerprint density at radius 3 is 2.89 bits per heavy atom. The molecule has 0 amide bonds. The van der Waals surface area contributed by atoms with Crippen LogP contribution in [0.2, 0.25) is 0 Å². The van der Waals surface area contributed by atoms with Crippen molar-refractivity contribution in [3.8, 4) is 0 Å². The van der Waals surface area contributed by atoms with Crippen LogP contribution in [-0.2, 0) is 17.6 Å². The molecule has 1 aliphatic rings. The molecule has 1 atom stereocenters. The SMILES string of the molecule is CC(C)Cc1nc(CC2CCCCO2)[nH]c(=O)c1I. The molecule has 1 aliphatic heterocycles. The topological polar surface area (TPSA) is 55.0 Å². The third kappa shape index (κ3) is 4.27. The second-order valence-electron chi connectivity index (χ2n) is 5.56. The zero-order chi connectivity index (χ0) is 13.8. The average molecular weight is 376 g/mol. The fourth-order valence-corrected chi connectivity index (χ4v) is 2.84. The van der Waals surface area contributed by atoms with E-state index in [1.165, 1.54) is 6.42 Å². The number of rotatable bonds is 4. The first-order chi connectivity index (χ1) is 9.06. The third-order valence-corrected chi connectivity index (χ3v) is 4.39. The zero-order valence-corrected chi connectivity index (χ0v) is 13.7. The molecule has 1 fully saturated rings. The van der Waals surface area contributed by atoms with Crippen LogP contribution < -0.4 is 5.56 Å². The summed E-state index contributed by atoms with van der Waals surface area (Å²) in [5.41, 5.74) is 0.905. The van der Waals surface area contributed by atoms with Crippen LogP contribution in [0.5, 0.6) is 0 Å². The summed E-state index contributed by atoms with van der Waals surface area (Å²) in [6.45, 7) is 5.11. The molecule has 0 bridgehead atoms. The quantitative estimate of drug-likeness (QED) is 0.823. The van der Waals surface area contributed by atoms with E-state index >= 15 is 0 Å². The van der Waals surface area contributed by atoms with Crippen LogP contribution in [0.15, 0.2) is 4.79 Å². The van der Waals surface area contributed by atoms with E-state index in [-0.39, 0.29) is 11.7 Å². The van der Waals surface area contributed by atoms with E-state index in [0.717, 1.165) is 47.4 Å². The van der Waals surface area contributed by atoms with Gasteiger partial charge in [-0.25, -0.2) is 4.98 Å². The van der Waals surface area contributed by atoms with Crippen molar-refractivity contribution in [1.29, 1.82) is 0 Å². The first-order valence-electron chi connectivity index (χ1n) is 6.95. The van der Waals surface area contributed by atoms with Crippen molar-refractivity contribution in [3.05, 3.63) is 25.4 Å². The molecule has 1 saturated heterocycles. The lowest BCUT2D eigenvalue weighted by Crippen LogP contribution is -2.26. The van der Waals surface area contributed by atoms with Crippen LogP contribution in [0.4, 0.5) is 0 Å². The summed E-state index contributed by atoms with van der Waals surface area (Å²) in [5, 5.41) is 0. The minimum Gasteiger partial charge on any atom is -0.378 e. The van der Waals surface area contributed by atoms with Crippen molar-refractivity contribution >= 4 is 22.6 Å². The number of ether oxygens (including phenoxy) is 1. The van der Waals surface area contributed by atoms with Gasteiger partial charge in [-0.2, -0.15) is 0 Å². The molecule has 1 aromatic rings. The summed E-state index contributed by atoms with van der Waals surface area (Å²) >= 11 is 2.09. The van der Waals surface area contributed by atoms with Crippen molar-refractivity contribution in [2.24, 2.45) is 5.92 Å². The molecule has 0 aliphatic carbocycles. The summed E-state index contributed by atoms with van der Waals surface area (Å²) in [4.78, 5) is 19.4. The standard InChI is InChI=1S/C14H21IN2O2/c1-9(2)7-11-13(15)14(18)17-12(16-11)8-10-5-3-4-6-19-10/h9-10H,3-8H2,1-2H3,(H,16,17,18). The zero-order valence-electron chi connectivity index (χ0n) is 11.5. The van der Waals surface area contributed by atoms with Crippen LogP contribution in [0.3, 0.4) is 0 Å². The average Bonchev–Trinajstić information content (AvgIpc) is 2.36. The van der Waals surface area contributed by atoms with Gasteiger partial charge in [-0.15, -0.1) is 0 Å². The van der Waals surface area contributed by atoms with Gasteiger partial charge in [-0.1, -0.05) is 13.8 Å². The van der Waals surface area contributed by atoms with Gasteiger partial charge < -0.3 is 9.72 Å². The molecule has 106 valence electrons. The molecule has 0 spiro atoms. The van der Waals surface area contributed by atoms with E-state index in [1.54, 1.807) is 0 Å². The van der Waals surface area contributed by atoms with Crippen LogP contribution in [0.25, 0.3) is 0 Å². The number of H-pyrrole nitrogens is 1.